The molecule has 0 unspecified atom stereocenters. The molecule has 0 saturated heterocycles. The van der Waals surface area contributed by atoms with Gasteiger partial charge in [-0.1, -0.05) is 0 Å². The van der Waals surface area contributed by atoms with Crippen LogP contribution in [-0.4, -0.2) is 184 Å². The average Bonchev–Trinajstić information content (AvgIpc) is 3.13. The SMILES string of the molecule is Cc1cc(S(=O)(=O)O)ccc1N=Nc1c(S(=O)(=O)O)cc2cc(NC(=O)Nc3ccc4c(O)c(N=Nc5ccc(C(=O)O)cc5)c(S(=O)(=O)O)cc4c3)ccc2c1O.[Na].[Na].[Na].[Na]. The van der Waals surface area contributed by atoms with Gasteiger partial charge in [0, 0.05) is 140 Å². The first-order valence-electron chi connectivity index (χ1n) is 16.0. The van der Waals surface area contributed by atoms with Crippen LogP contribution in [0.2, 0.25) is 0 Å². The number of urea groups is 1. The summed E-state index contributed by atoms with van der Waals surface area (Å²) in [5.41, 5.74) is -0.832. The number of carboxylic acids is 1. The molecule has 0 aliphatic heterocycles. The monoisotopic (exact) mass is 942 g/mol. The average molecular weight is 943 g/mol. The minimum Gasteiger partial charge on any atom is -0.505 e. The zero-order chi connectivity index (χ0) is 42.3. The first-order chi connectivity index (χ1) is 27.1. The summed E-state index contributed by atoms with van der Waals surface area (Å²) < 4.78 is 101. The van der Waals surface area contributed by atoms with E-state index in [0.29, 0.717) is 0 Å². The van der Waals surface area contributed by atoms with Gasteiger partial charge >= 0.3 is 12.0 Å². The van der Waals surface area contributed by atoms with Crippen molar-refractivity contribution in [3.63, 3.8) is 0 Å². The molecule has 0 heterocycles. The third-order valence-corrected chi connectivity index (χ3v) is 10.9. The third-order valence-electron chi connectivity index (χ3n) is 8.28. The first-order valence-corrected chi connectivity index (χ1v) is 20.3. The molecular weight excluding hydrogens is 917 g/mol. The summed E-state index contributed by atoms with van der Waals surface area (Å²) in [5, 5.41) is 51.4. The molecule has 0 spiro atoms. The van der Waals surface area contributed by atoms with Crippen molar-refractivity contribution in [3.8, 4) is 11.5 Å². The largest absolute Gasteiger partial charge is 0.505 e. The van der Waals surface area contributed by atoms with Crippen LogP contribution >= 0.6 is 0 Å². The van der Waals surface area contributed by atoms with Crippen LogP contribution in [0.3, 0.4) is 0 Å². The van der Waals surface area contributed by atoms with E-state index in [-0.39, 0.29) is 174 Å². The van der Waals surface area contributed by atoms with Crippen LogP contribution in [0.1, 0.15) is 15.9 Å². The number of phenolic OH excluding ortho intramolecular Hbond substituents is 2. The van der Waals surface area contributed by atoms with Gasteiger partial charge in [-0.2, -0.15) is 35.5 Å². The molecule has 2 amide bonds. The van der Waals surface area contributed by atoms with Gasteiger partial charge in [-0.3, -0.25) is 13.7 Å². The van der Waals surface area contributed by atoms with Crippen molar-refractivity contribution in [2.24, 2.45) is 20.5 Å². The van der Waals surface area contributed by atoms with Crippen LogP contribution in [0, 0.1) is 6.92 Å². The molecule has 0 fully saturated rings. The summed E-state index contributed by atoms with van der Waals surface area (Å²) in [7, 11) is -14.6. The Balaban J connectivity index is 0.00000331. The number of rotatable bonds is 10. The summed E-state index contributed by atoms with van der Waals surface area (Å²) >= 11 is 0. The fourth-order valence-electron chi connectivity index (χ4n) is 5.52. The number of aromatic carboxylic acids is 1. The quantitative estimate of drug-likeness (QED) is 0.0437. The van der Waals surface area contributed by atoms with E-state index in [1.807, 2.05) is 0 Å². The van der Waals surface area contributed by atoms with E-state index in [0.717, 1.165) is 24.3 Å². The molecule has 27 heteroatoms. The standard InChI is InChI=1S/C35H26N6O14S3.4Na/c1-17-12-24(56(47,48)49)8-11-27(17)39-41-31-29(58(53,54)55)16-20-14-23(7-10-26(20)33(31)43)37-35(46)36-22-6-9-25-19(13-22)15-28(57(50,51)52)30(32(25)42)40-38-21-4-2-18(3-5-21)34(44)45;;;;/h2-16,42-43H,1H3,(H,44,45)(H2,36,37,46)(H,47,48,49)(H,50,51,52)(H,53,54,55);;;;. The minimum absolute atomic E-state index is 0. The van der Waals surface area contributed by atoms with E-state index < -0.39 is 79.9 Å². The molecule has 62 heavy (non-hydrogen) atoms. The molecule has 0 bridgehead atoms. The maximum absolute atomic E-state index is 13.0. The third kappa shape index (κ3) is 12.9. The van der Waals surface area contributed by atoms with Crippen molar-refractivity contribution in [2.75, 3.05) is 10.6 Å². The number of azo groups is 2. The van der Waals surface area contributed by atoms with E-state index in [1.54, 1.807) is 0 Å². The molecule has 6 aromatic rings. The van der Waals surface area contributed by atoms with Gasteiger partial charge in [-0.05, 0) is 114 Å². The second-order valence-electron chi connectivity index (χ2n) is 12.2. The smallest absolute Gasteiger partial charge is 0.335 e. The molecule has 0 aromatic heterocycles. The summed E-state index contributed by atoms with van der Waals surface area (Å²) in [6.45, 7) is 1.43. The van der Waals surface area contributed by atoms with Gasteiger partial charge in [0.15, 0.2) is 11.5 Å². The predicted octanol–water partition coefficient (Wildman–Crippen LogP) is 6.10. The van der Waals surface area contributed by atoms with E-state index in [2.05, 4.69) is 31.1 Å². The number of phenols is 2. The number of nitrogens with zero attached hydrogens (tertiary/aromatic N) is 4. The van der Waals surface area contributed by atoms with Crippen molar-refractivity contribution in [1.29, 1.82) is 0 Å². The van der Waals surface area contributed by atoms with Gasteiger partial charge in [0.25, 0.3) is 30.4 Å². The normalized spacial score (nSPS) is 11.6. The number of nitrogens with one attached hydrogen (secondary N) is 2. The molecule has 0 aliphatic rings. The number of aryl methyl sites for hydroxylation is 1. The number of carbonyl (C=O) groups is 2. The van der Waals surface area contributed by atoms with Crippen LogP contribution in [0.25, 0.3) is 21.5 Å². The van der Waals surface area contributed by atoms with Crippen LogP contribution < -0.4 is 10.6 Å². The van der Waals surface area contributed by atoms with E-state index in [4.69, 9.17) is 5.11 Å². The van der Waals surface area contributed by atoms with Gasteiger partial charge in [0.1, 0.15) is 21.2 Å². The molecule has 4 radical (unpaired) electrons. The van der Waals surface area contributed by atoms with E-state index in [1.165, 1.54) is 73.7 Å². The van der Waals surface area contributed by atoms with Gasteiger partial charge < -0.3 is 26.0 Å². The summed E-state index contributed by atoms with van der Waals surface area (Å²) in [5.74, 6) is -2.60. The Kier molecular flexibility index (Phi) is 19.5. The number of aromatic hydroxyl groups is 2. The Morgan fingerprint density at radius 1 is 0.548 bits per heavy atom. The zero-order valence-electron chi connectivity index (χ0n) is 33.1. The molecular formula is C35H26N6Na4O14S3. The molecule has 8 N–H and O–H groups in total. The van der Waals surface area contributed by atoms with E-state index >= 15 is 0 Å². The number of amides is 2. The first kappa shape index (κ1) is 55.2. The number of hydrogen-bond donors (Lipinski definition) is 8. The van der Waals surface area contributed by atoms with Crippen molar-refractivity contribution in [1.82, 2.24) is 0 Å². The Labute approximate surface area is 440 Å². The molecule has 0 aliphatic carbocycles. The fourth-order valence-corrected chi connectivity index (χ4v) is 7.40. The fraction of sp³-hybridized carbons (Fsp3) is 0.0286. The Morgan fingerprint density at radius 2 is 1.00 bits per heavy atom. The van der Waals surface area contributed by atoms with Gasteiger partial charge in [-0.15, -0.1) is 10.2 Å². The molecule has 0 atom stereocenters. The van der Waals surface area contributed by atoms with Gasteiger partial charge in [-0.25, -0.2) is 9.59 Å². The van der Waals surface area contributed by atoms with Crippen LogP contribution in [0.5, 0.6) is 11.5 Å². The molecule has 6 rings (SSSR count). The number of anilines is 2. The number of carboxylic acid groups (broad SMARTS) is 1. The van der Waals surface area contributed by atoms with Crippen LogP contribution in [0.4, 0.5) is 38.9 Å². The molecule has 20 nitrogen and oxygen atoms in total. The minimum atomic E-state index is -5.05. The van der Waals surface area contributed by atoms with Crippen molar-refractivity contribution < 1.29 is 63.8 Å². The molecule has 302 valence electrons. The van der Waals surface area contributed by atoms with Crippen LogP contribution in [-0.2, 0) is 30.4 Å². The van der Waals surface area contributed by atoms with Crippen molar-refractivity contribution in [2.45, 2.75) is 21.6 Å². The predicted molar refractivity (Wildman–Crippen MR) is 229 cm³/mol. The topological polar surface area (TPSA) is 331 Å². The second-order valence-corrected chi connectivity index (χ2v) is 16.4. The number of fused-ring (bicyclic) bond motifs is 2. The Hall–Kier alpha value is -2.89. The van der Waals surface area contributed by atoms with Gasteiger partial charge in [0.2, 0.25) is 0 Å². The summed E-state index contributed by atoms with van der Waals surface area (Å²) in [6, 6.07) is 17.2. The Morgan fingerprint density at radius 3 is 1.40 bits per heavy atom. The van der Waals surface area contributed by atoms with Crippen LogP contribution in [0.15, 0.2) is 126 Å². The maximum atomic E-state index is 13.0. The van der Waals surface area contributed by atoms with Crippen molar-refractivity contribution >= 4 is 216 Å². The number of hydrogen-bond acceptors (Lipinski definition) is 14. The van der Waals surface area contributed by atoms with Gasteiger partial charge in [0.05, 0.1) is 21.8 Å². The summed E-state index contributed by atoms with van der Waals surface area (Å²) in [4.78, 5) is 22.0. The summed E-state index contributed by atoms with van der Waals surface area (Å²) in [6.07, 6.45) is 0. The number of benzene rings is 6. The molecule has 0 saturated carbocycles. The second kappa shape index (κ2) is 21.9. The number of carbonyl (C=O) groups excluding carboxylic acids is 1. The molecule has 6 aromatic carbocycles. The van der Waals surface area contributed by atoms with Crippen molar-refractivity contribution in [3.05, 3.63) is 102 Å². The Bertz CT molecular complexity index is 3140. The maximum Gasteiger partial charge on any atom is 0.335 e. The van der Waals surface area contributed by atoms with E-state index in [9.17, 15) is 58.7 Å². The zero-order valence-corrected chi connectivity index (χ0v) is 43.6.